The number of aliphatic hydroxyl groups is 1. The predicted octanol–water partition coefficient (Wildman–Crippen LogP) is 1.52. The van der Waals surface area contributed by atoms with Crippen LogP contribution in [0.2, 0.25) is 5.02 Å². The van der Waals surface area contributed by atoms with E-state index in [2.05, 4.69) is 0 Å². The minimum Gasteiger partial charge on any atom is -0.385 e. The van der Waals surface area contributed by atoms with Crippen LogP contribution in [-0.2, 0) is 5.60 Å². The highest BCUT2D eigenvalue weighted by molar-refractivity contribution is 6.30. The Balaban J connectivity index is 2.11. The molecule has 0 spiro atoms. The van der Waals surface area contributed by atoms with Crippen molar-refractivity contribution in [3.05, 3.63) is 34.9 Å². The highest BCUT2D eigenvalue weighted by atomic mass is 35.5. The summed E-state index contributed by atoms with van der Waals surface area (Å²) in [7, 11) is 0. The molecule has 1 aromatic rings. The summed E-state index contributed by atoms with van der Waals surface area (Å²) in [6, 6.07) is 7.27. The molecule has 5 heteroatoms. The zero-order valence-electron chi connectivity index (χ0n) is 9.49. The van der Waals surface area contributed by atoms with E-state index in [9.17, 15) is 5.11 Å². The van der Waals surface area contributed by atoms with Gasteiger partial charge in [-0.1, -0.05) is 23.7 Å². The normalized spacial score (nSPS) is 19.1. The van der Waals surface area contributed by atoms with Crippen molar-refractivity contribution >= 4 is 17.6 Å². The van der Waals surface area contributed by atoms with Crippen LogP contribution in [0.3, 0.4) is 0 Å². The fourth-order valence-electron chi connectivity index (χ4n) is 2.17. The lowest BCUT2D eigenvalue weighted by Crippen LogP contribution is -2.47. The van der Waals surface area contributed by atoms with Gasteiger partial charge in [0.05, 0.1) is 5.60 Å². The molecule has 0 radical (unpaired) electrons. The van der Waals surface area contributed by atoms with E-state index < -0.39 is 5.60 Å². The summed E-state index contributed by atoms with van der Waals surface area (Å²) >= 11 is 5.83. The lowest BCUT2D eigenvalue weighted by molar-refractivity contribution is -0.0124. The molecule has 0 aromatic heterocycles. The minimum absolute atomic E-state index is 0.0724. The number of piperidine rings is 1. The molecule has 0 saturated carbocycles. The lowest BCUT2D eigenvalue weighted by atomic mass is 9.84. The van der Waals surface area contributed by atoms with E-state index in [1.165, 1.54) is 0 Å². The Bertz CT molecular complexity index is 410. The number of nitrogens with zero attached hydrogens (tertiary/aromatic N) is 1. The molecule has 92 valence electrons. The Morgan fingerprint density at radius 3 is 2.29 bits per heavy atom. The zero-order valence-corrected chi connectivity index (χ0v) is 10.2. The molecule has 1 heterocycles. The van der Waals surface area contributed by atoms with Gasteiger partial charge in [-0.15, -0.1) is 0 Å². The van der Waals surface area contributed by atoms with Crippen molar-refractivity contribution in [3.63, 3.8) is 0 Å². The van der Waals surface area contributed by atoms with Crippen molar-refractivity contribution in [2.75, 3.05) is 13.1 Å². The van der Waals surface area contributed by atoms with E-state index in [4.69, 9.17) is 22.7 Å². The Hall–Kier alpha value is -1.26. The molecule has 0 bridgehead atoms. The number of nitrogens with one attached hydrogen (secondary N) is 1. The lowest BCUT2D eigenvalue weighted by Gasteiger charge is -2.38. The number of halogens is 1. The van der Waals surface area contributed by atoms with Gasteiger partial charge in [0.15, 0.2) is 5.96 Å². The molecule has 4 nitrogen and oxygen atoms in total. The van der Waals surface area contributed by atoms with Crippen molar-refractivity contribution in [1.82, 2.24) is 4.90 Å². The fourth-order valence-corrected chi connectivity index (χ4v) is 2.29. The first-order valence-corrected chi connectivity index (χ1v) is 5.96. The average Bonchev–Trinajstić information content (AvgIpc) is 2.30. The van der Waals surface area contributed by atoms with Gasteiger partial charge in [0.2, 0.25) is 0 Å². The summed E-state index contributed by atoms with van der Waals surface area (Å²) in [5.74, 6) is 0.0724. The highest BCUT2D eigenvalue weighted by Gasteiger charge is 2.34. The first-order valence-electron chi connectivity index (χ1n) is 5.59. The third kappa shape index (κ3) is 2.53. The van der Waals surface area contributed by atoms with Gasteiger partial charge in [0.1, 0.15) is 0 Å². The van der Waals surface area contributed by atoms with Gasteiger partial charge in [-0.05, 0) is 30.5 Å². The number of hydrogen-bond acceptors (Lipinski definition) is 2. The Morgan fingerprint density at radius 2 is 1.82 bits per heavy atom. The van der Waals surface area contributed by atoms with Crippen molar-refractivity contribution < 1.29 is 5.11 Å². The number of nitrogens with two attached hydrogens (primary N) is 1. The fraction of sp³-hybridized carbons (Fsp3) is 0.417. The first kappa shape index (κ1) is 12.2. The summed E-state index contributed by atoms with van der Waals surface area (Å²) in [5.41, 5.74) is 5.48. The zero-order chi connectivity index (χ0) is 12.5. The molecule has 2 rings (SSSR count). The maximum atomic E-state index is 10.6. The van der Waals surface area contributed by atoms with Gasteiger partial charge in [-0.2, -0.15) is 0 Å². The van der Waals surface area contributed by atoms with Crippen LogP contribution in [0.4, 0.5) is 0 Å². The number of rotatable bonds is 1. The Labute approximate surface area is 105 Å². The molecule has 0 atom stereocenters. The van der Waals surface area contributed by atoms with Crippen molar-refractivity contribution in [3.8, 4) is 0 Å². The van der Waals surface area contributed by atoms with E-state index >= 15 is 0 Å². The molecule has 0 amide bonds. The van der Waals surface area contributed by atoms with E-state index in [0.717, 1.165) is 5.56 Å². The van der Waals surface area contributed by atoms with Crippen molar-refractivity contribution in [2.24, 2.45) is 5.73 Å². The number of hydrogen-bond donors (Lipinski definition) is 3. The first-order chi connectivity index (χ1) is 8.01. The molecule has 1 fully saturated rings. The van der Waals surface area contributed by atoms with Gasteiger partial charge in [0, 0.05) is 18.1 Å². The molecule has 17 heavy (non-hydrogen) atoms. The van der Waals surface area contributed by atoms with E-state index in [-0.39, 0.29) is 5.96 Å². The minimum atomic E-state index is -0.823. The van der Waals surface area contributed by atoms with Gasteiger partial charge in [-0.3, -0.25) is 5.41 Å². The summed E-state index contributed by atoms with van der Waals surface area (Å²) in [4.78, 5) is 1.77. The largest absolute Gasteiger partial charge is 0.385 e. The van der Waals surface area contributed by atoms with Crippen molar-refractivity contribution in [1.29, 1.82) is 5.41 Å². The monoisotopic (exact) mass is 253 g/mol. The van der Waals surface area contributed by atoms with Gasteiger partial charge < -0.3 is 15.7 Å². The molecule has 0 unspecified atom stereocenters. The van der Waals surface area contributed by atoms with Crippen LogP contribution in [0.5, 0.6) is 0 Å². The smallest absolute Gasteiger partial charge is 0.188 e. The van der Waals surface area contributed by atoms with Gasteiger partial charge in [0.25, 0.3) is 0 Å². The van der Waals surface area contributed by atoms with Crippen LogP contribution < -0.4 is 5.73 Å². The predicted molar refractivity (Wildman–Crippen MR) is 68.1 cm³/mol. The topological polar surface area (TPSA) is 73.3 Å². The summed E-state index contributed by atoms with van der Waals surface area (Å²) < 4.78 is 0. The number of likely N-dealkylation sites (tertiary alicyclic amines) is 1. The third-order valence-electron chi connectivity index (χ3n) is 3.31. The summed E-state index contributed by atoms with van der Waals surface area (Å²) in [5, 5.41) is 18.6. The van der Waals surface area contributed by atoms with Crippen LogP contribution >= 0.6 is 11.6 Å². The number of benzene rings is 1. The molecule has 1 aromatic carbocycles. The average molecular weight is 254 g/mol. The quantitative estimate of drug-likeness (QED) is 0.525. The van der Waals surface area contributed by atoms with E-state index in [1.807, 2.05) is 12.1 Å². The van der Waals surface area contributed by atoms with Crippen LogP contribution in [-0.4, -0.2) is 29.1 Å². The molecular formula is C12H16ClN3O. The third-order valence-corrected chi connectivity index (χ3v) is 3.56. The summed E-state index contributed by atoms with van der Waals surface area (Å²) in [6.07, 6.45) is 1.16. The second-order valence-corrected chi connectivity index (χ2v) is 4.85. The van der Waals surface area contributed by atoms with Crippen LogP contribution in [0.25, 0.3) is 0 Å². The van der Waals surface area contributed by atoms with Gasteiger partial charge >= 0.3 is 0 Å². The SMILES string of the molecule is N=C(N)N1CCC(O)(c2ccc(Cl)cc2)CC1. The van der Waals surface area contributed by atoms with E-state index in [1.54, 1.807) is 17.0 Å². The molecule has 0 aliphatic carbocycles. The molecule has 1 aliphatic heterocycles. The Kier molecular flexibility index (Phi) is 3.26. The van der Waals surface area contributed by atoms with E-state index in [0.29, 0.717) is 31.0 Å². The number of guanidine groups is 1. The molecule has 1 saturated heterocycles. The molecule has 1 aliphatic rings. The summed E-state index contributed by atoms with van der Waals surface area (Å²) in [6.45, 7) is 1.21. The standard InChI is InChI=1S/C12H16ClN3O/c13-10-3-1-9(2-4-10)12(17)5-7-16(8-6-12)11(14)15/h1-4,17H,5-8H2,(H3,14,15). The molecular weight excluding hydrogens is 238 g/mol. The van der Waals surface area contributed by atoms with Crippen molar-refractivity contribution in [2.45, 2.75) is 18.4 Å². The van der Waals surface area contributed by atoms with Gasteiger partial charge in [-0.25, -0.2) is 0 Å². The second kappa shape index (κ2) is 4.55. The second-order valence-electron chi connectivity index (χ2n) is 4.41. The maximum Gasteiger partial charge on any atom is 0.188 e. The van der Waals surface area contributed by atoms with Crippen LogP contribution in [0, 0.1) is 5.41 Å². The van der Waals surface area contributed by atoms with Crippen LogP contribution in [0.1, 0.15) is 18.4 Å². The van der Waals surface area contributed by atoms with Crippen LogP contribution in [0.15, 0.2) is 24.3 Å². The molecule has 4 N–H and O–H groups in total. The maximum absolute atomic E-state index is 10.6. The Morgan fingerprint density at radius 1 is 1.29 bits per heavy atom. The highest BCUT2D eigenvalue weighted by Crippen LogP contribution is 2.33.